The van der Waals surface area contributed by atoms with Crippen LogP contribution < -0.4 is 5.73 Å². The maximum absolute atomic E-state index is 9.52. The first-order valence-electron chi connectivity index (χ1n) is 5.73. The molecule has 0 aliphatic carbocycles. The summed E-state index contributed by atoms with van der Waals surface area (Å²) < 4.78 is 0. The highest BCUT2D eigenvalue weighted by Gasteiger charge is 2.19. The molecule has 0 saturated carbocycles. The number of hydrogen-bond acceptors (Lipinski definition) is 4. The van der Waals surface area contributed by atoms with E-state index in [-0.39, 0.29) is 5.75 Å². The molecular weight excluding hydrogens is 214 g/mol. The van der Waals surface area contributed by atoms with Crippen LogP contribution in [0.1, 0.15) is 11.3 Å². The van der Waals surface area contributed by atoms with Crippen LogP contribution in [0.15, 0.2) is 18.2 Å². The highest BCUT2D eigenvalue weighted by Crippen LogP contribution is 2.31. The Bertz CT molecular complexity index is 595. The van der Waals surface area contributed by atoms with E-state index >= 15 is 0 Å². The second-order valence-electron chi connectivity index (χ2n) is 4.64. The van der Waals surface area contributed by atoms with Gasteiger partial charge in [-0.25, -0.2) is 0 Å². The van der Waals surface area contributed by atoms with Crippen molar-refractivity contribution in [3.63, 3.8) is 0 Å². The second kappa shape index (κ2) is 3.60. The molecule has 0 bridgehead atoms. The summed E-state index contributed by atoms with van der Waals surface area (Å²) in [7, 11) is 2.08. The molecule has 3 N–H and O–H groups in total. The van der Waals surface area contributed by atoms with Gasteiger partial charge in [0.2, 0.25) is 0 Å². The van der Waals surface area contributed by atoms with Gasteiger partial charge in [-0.15, -0.1) is 0 Å². The third-order valence-corrected chi connectivity index (χ3v) is 3.36. The van der Waals surface area contributed by atoms with Crippen LogP contribution in [0.5, 0.6) is 5.75 Å². The molecule has 4 heteroatoms. The van der Waals surface area contributed by atoms with Gasteiger partial charge in [-0.3, -0.25) is 4.98 Å². The average molecular weight is 229 g/mol. The summed E-state index contributed by atoms with van der Waals surface area (Å²) in [5, 5.41) is 10.4. The molecule has 1 aliphatic rings. The Balaban J connectivity index is 2.29. The van der Waals surface area contributed by atoms with Gasteiger partial charge in [-0.05, 0) is 25.2 Å². The third-order valence-electron chi connectivity index (χ3n) is 3.36. The number of aromatic hydroxyl groups is 1. The molecule has 0 amide bonds. The Morgan fingerprint density at radius 1 is 1.41 bits per heavy atom. The molecule has 0 atom stereocenters. The summed E-state index contributed by atoms with van der Waals surface area (Å²) in [6, 6.07) is 5.16. The molecule has 0 unspecified atom stereocenters. The van der Waals surface area contributed by atoms with Crippen molar-refractivity contribution >= 4 is 16.6 Å². The average Bonchev–Trinajstić information content (AvgIpc) is 2.32. The van der Waals surface area contributed by atoms with E-state index in [0.717, 1.165) is 47.4 Å². The molecule has 0 fully saturated rings. The Labute approximate surface area is 99.7 Å². The summed E-state index contributed by atoms with van der Waals surface area (Å²) in [6.07, 6.45) is 0.937. The zero-order valence-electron chi connectivity index (χ0n) is 9.77. The van der Waals surface area contributed by atoms with E-state index in [9.17, 15) is 5.11 Å². The number of hydrogen-bond donors (Lipinski definition) is 2. The number of rotatable bonds is 0. The van der Waals surface area contributed by atoms with Crippen LogP contribution in [0.25, 0.3) is 10.9 Å². The van der Waals surface area contributed by atoms with Crippen molar-refractivity contribution in [1.29, 1.82) is 0 Å². The number of pyridine rings is 1. The quantitative estimate of drug-likeness (QED) is 0.718. The zero-order valence-corrected chi connectivity index (χ0v) is 9.77. The van der Waals surface area contributed by atoms with Crippen LogP contribution in [0.2, 0.25) is 0 Å². The molecular formula is C13H15N3O. The molecule has 2 aromatic rings. The number of likely N-dealkylation sites (N-methyl/N-ethyl adjacent to an activating group) is 1. The normalized spacial score (nSPS) is 16.1. The van der Waals surface area contributed by atoms with Gasteiger partial charge in [0.05, 0.1) is 5.52 Å². The van der Waals surface area contributed by atoms with E-state index in [1.165, 1.54) is 0 Å². The first kappa shape index (κ1) is 10.4. The number of nitrogen functional groups attached to an aromatic ring is 1. The van der Waals surface area contributed by atoms with E-state index in [0.29, 0.717) is 0 Å². The number of fused-ring (bicyclic) bond motifs is 2. The Morgan fingerprint density at radius 2 is 2.24 bits per heavy atom. The maximum Gasteiger partial charge on any atom is 0.116 e. The van der Waals surface area contributed by atoms with Crippen molar-refractivity contribution in [1.82, 2.24) is 9.88 Å². The van der Waals surface area contributed by atoms with Crippen molar-refractivity contribution in [2.45, 2.75) is 13.0 Å². The SMILES string of the molecule is CN1CCc2nc3ccc(O)cc3c(N)c2C1. The van der Waals surface area contributed by atoms with Crippen molar-refractivity contribution < 1.29 is 5.11 Å². The van der Waals surface area contributed by atoms with Crippen molar-refractivity contribution in [2.75, 3.05) is 19.3 Å². The van der Waals surface area contributed by atoms with E-state index < -0.39 is 0 Å². The molecule has 3 rings (SSSR count). The lowest BCUT2D eigenvalue weighted by molar-refractivity contribution is 0.311. The minimum absolute atomic E-state index is 0.232. The topological polar surface area (TPSA) is 62.4 Å². The summed E-state index contributed by atoms with van der Waals surface area (Å²) in [5.74, 6) is 0.232. The number of phenols is 1. The Hall–Kier alpha value is -1.81. The van der Waals surface area contributed by atoms with Crippen LogP contribution in [0.4, 0.5) is 5.69 Å². The van der Waals surface area contributed by atoms with E-state index in [1.54, 1.807) is 12.1 Å². The highest BCUT2D eigenvalue weighted by molar-refractivity contribution is 5.93. The minimum atomic E-state index is 0.232. The second-order valence-corrected chi connectivity index (χ2v) is 4.64. The fraction of sp³-hybridized carbons (Fsp3) is 0.308. The summed E-state index contributed by atoms with van der Waals surface area (Å²) in [4.78, 5) is 6.87. The van der Waals surface area contributed by atoms with Crippen LogP contribution in [0.3, 0.4) is 0 Å². The van der Waals surface area contributed by atoms with Crippen LogP contribution in [-0.4, -0.2) is 28.6 Å². The van der Waals surface area contributed by atoms with Crippen molar-refractivity contribution in [3.05, 3.63) is 29.5 Å². The lowest BCUT2D eigenvalue weighted by Crippen LogP contribution is -2.28. The minimum Gasteiger partial charge on any atom is -0.508 e. The lowest BCUT2D eigenvalue weighted by Gasteiger charge is -2.26. The Kier molecular flexibility index (Phi) is 2.19. The van der Waals surface area contributed by atoms with E-state index in [2.05, 4.69) is 16.9 Å². The molecule has 17 heavy (non-hydrogen) atoms. The fourth-order valence-electron chi connectivity index (χ4n) is 2.40. The number of aromatic nitrogens is 1. The predicted molar refractivity (Wildman–Crippen MR) is 67.9 cm³/mol. The van der Waals surface area contributed by atoms with Gasteiger partial charge in [0.1, 0.15) is 5.75 Å². The van der Waals surface area contributed by atoms with Gasteiger partial charge >= 0.3 is 0 Å². The molecule has 2 heterocycles. The van der Waals surface area contributed by atoms with Crippen LogP contribution in [0, 0.1) is 0 Å². The van der Waals surface area contributed by atoms with Crippen LogP contribution in [-0.2, 0) is 13.0 Å². The molecule has 0 spiro atoms. The molecule has 1 aliphatic heterocycles. The zero-order chi connectivity index (χ0) is 12.0. The van der Waals surface area contributed by atoms with Gasteiger partial charge in [0, 0.05) is 41.8 Å². The fourth-order valence-corrected chi connectivity index (χ4v) is 2.40. The summed E-state index contributed by atoms with van der Waals surface area (Å²) in [5.41, 5.74) is 10.0. The molecule has 1 aromatic heterocycles. The van der Waals surface area contributed by atoms with E-state index in [1.807, 2.05) is 6.07 Å². The van der Waals surface area contributed by atoms with Gasteiger partial charge in [-0.2, -0.15) is 0 Å². The third kappa shape index (κ3) is 1.61. The number of nitrogens with zero attached hydrogens (tertiary/aromatic N) is 2. The first-order valence-corrected chi connectivity index (χ1v) is 5.73. The first-order chi connectivity index (χ1) is 8.15. The van der Waals surface area contributed by atoms with Crippen molar-refractivity contribution in [2.24, 2.45) is 0 Å². The van der Waals surface area contributed by atoms with Gasteiger partial charge in [-0.1, -0.05) is 0 Å². The molecule has 0 radical (unpaired) electrons. The summed E-state index contributed by atoms with van der Waals surface area (Å²) >= 11 is 0. The smallest absolute Gasteiger partial charge is 0.116 e. The Morgan fingerprint density at radius 3 is 3.06 bits per heavy atom. The van der Waals surface area contributed by atoms with Crippen molar-refractivity contribution in [3.8, 4) is 5.75 Å². The largest absolute Gasteiger partial charge is 0.508 e. The lowest BCUT2D eigenvalue weighted by atomic mass is 10.0. The maximum atomic E-state index is 9.52. The van der Waals surface area contributed by atoms with E-state index in [4.69, 9.17) is 5.73 Å². The number of nitrogens with two attached hydrogens (primary N) is 1. The molecule has 1 aromatic carbocycles. The molecule has 4 nitrogen and oxygen atoms in total. The van der Waals surface area contributed by atoms with Gasteiger partial charge in [0.15, 0.2) is 0 Å². The number of benzene rings is 1. The number of anilines is 1. The molecule has 88 valence electrons. The molecule has 0 saturated heterocycles. The predicted octanol–water partition coefficient (Wildman–Crippen LogP) is 1.51. The summed E-state index contributed by atoms with van der Waals surface area (Å²) in [6.45, 7) is 1.85. The standard InChI is InChI=1S/C13H15N3O/c1-16-5-4-12-10(7-16)13(14)9-6-8(17)2-3-11(9)15-12/h2-3,6,17H,4-5,7H2,1H3,(H2,14,15). The van der Waals surface area contributed by atoms with Crippen LogP contribution >= 0.6 is 0 Å². The highest BCUT2D eigenvalue weighted by atomic mass is 16.3. The number of phenolic OH excluding ortho intramolecular Hbond substituents is 1. The van der Waals surface area contributed by atoms with Gasteiger partial charge < -0.3 is 15.7 Å². The van der Waals surface area contributed by atoms with Gasteiger partial charge in [0.25, 0.3) is 0 Å². The monoisotopic (exact) mass is 229 g/mol.